The first-order valence-corrected chi connectivity index (χ1v) is 8.88. The molecular formula is C18H17N3O3S. The Morgan fingerprint density at radius 2 is 1.76 bits per heavy atom. The highest BCUT2D eigenvalue weighted by molar-refractivity contribution is 7.89. The lowest BCUT2D eigenvalue weighted by Gasteiger charge is -2.06. The van der Waals surface area contributed by atoms with Gasteiger partial charge in [-0.15, -0.1) is 0 Å². The Bertz CT molecular complexity index is 985. The minimum absolute atomic E-state index is 0.0567. The molecule has 0 radical (unpaired) electrons. The van der Waals surface area contributed by atoms with Gasteiger partial charge in [0.1, 0.15) is 11.6 Å². The maximum atomic E-state index is 12.2. The van der Waals surface area contributed by atoms with Crippen LogP contribution in [-0.2, 0) is 14.8 Å². The molecule has 0 aliphatic heterocycles. The van der Waals surface area contributed by atoms with Crippen LogP contribution in [0.15, 0.2) is 52.9 Å². The molecule has 3 N–H and O–H groups in total. The molecule has 0 spiro atoms. The normalized spacial score (nSPS) is 11.7. The first kappa shape index (κ1) is 18.4. The number of primary sulfonamides is 1. The molecule has 0 aliphatic rings. The van der Waals surface area contributed by atoms with E-state index in [9.17, 15) is 18.5 Å². The summed E-state index contributed by atoms with van der Waals surface area (Å²) in [6.07, 6.45) is 1.50. The lowest BCUT2D eigenvalue weighted by atomic mass is 10.0. The summed E-state index contributed by atoms with van der Waals surface area (Å²) in [7, 11) is -3.79. The fourth-order valence-corrected chi connectivity index (χ4v) is 2.61. The first-order valence-electron chi connectivity index (χ1n) is 7.34. The number of aryl methyl sites for hydroxylation is 2. The molecule has 0 heterocycles. The number of benzene rings is 2. The molecule has 2 aromatic carbocycles. The van der Waals surface area contributed by atoms with Crippen molar-refractivity contribution in [1.29, 1.82) is 5.26 Å². The van der Waals surface area contributed by atoms with Gasteiger partial charge in [0.05, 0.1) is 4.90 Å². The van der Waals surface area contributed by atoms with Gasteiger partial charge in [-0.05, 0) is 60.9 Å². The highest BCUT2D eigenvalue weighted by atomic mass is 32.2. The molecule has 7 heteroatoms. The minimum Gasteiger partial charge on any atom is -0.321 e. The van der Waals surface area contributed by atoms with Gasteiger partial charge in [0.25, 0.3) is 5.91 Å². The largest absolute Gasteiger partial charge is 0.321 e. The number of sulfonamides is 1. The van der Waals surface area contributed by atoms with E-state index in [1.54, 1.807) is 0 Å². The number of carbonyl (C=O) groups excluding carboxylic acids is 1. The highest BCUT2D eigenvalue weighted by Crippen LogP contribution is 2.16. The quantitative estimate of drug-likeness (QED) is 0.648. The van der Waals surface area contributed by atoms with Crippen LogP contribution in [0.1, 0.15) is 16.7 Å². The Hall–Kier alpha value is -2.95. The zero-order valence-electron chi connectivity index (χ0n) is 13.8. The number of nitrogens with two attached hydrogens (primary N) is 1. The van der Waals surface area contributed by atoms with Crippen LogP contribution in [0.25, 0.3) is 6.08 Å². The molecule has 0 saturated heterocycles. The second-order valence-corrected chi connectivity index (χ2v) is 7.10. The van der Waals surface area contributed by atoms with E-state index in [1.165, 1.54) is 30.3 Å². The molecule has 2 rings (SSSR count). The molecule has 25 heavy (non-hydrogen) atoms. The Kier molecular flexibility index (Phi) is 5.37. The Balaban J connectivity index is 2.21. The summed E-state index contributed by atoms with van der Waals surface area (Å²) in [5.41, 5.74) is 3.23. The molecule has 1 amide bonds. The van der Waals surface area contributed by atoms with Gasteiger partial charge < -0.3 is 5.32 Å². The van der Waals surface area contributed by atoms with E-state index in [0.717, 1.165) is 16.7 Å². The van der Waals surface area contributed by atoms with E-state index >= 15 is 0 Å². The average Bonchev–Trinajstić information content (AvgIpc) is 2.55. The van der Waals surface area contributed by atoms with Crippen molar-refractivity contribution < 1.29 is 13.2 Å². The summed E-state index contributed by atoms with van der Waals surface area (Å²) in [5.74, 6) is -0.580. The van der Waals surface area contributed by atoms with Gasteiger partial charge in [0, 0.05) is 5.69 Å². The summed E-state index contributed by atoms with van der Waals surface area (Å²) in [6.45, 7) is 3.93. The first-order chi connectivity index (χ1) is 11.7. The molecule has 0 atom stereocenters. The van der Waals surface area contributed by atoms with Gasteiger partial charge in [-0.3, -0.25) is 4.79 Å². The monoisotopic (exact) mass is 355 g/mol. The molecular weight excluding hydrogens is 338 g/mol. The molecule has 0 saturated carbocycles. The van der Waals surface area contributed by atoms with E-state index < -0.39 is 15.9 Å². The predicted molar refractivity (Wildman–Crippen MR) is 96.0 cm³/mol. The van der Waals surface area contributed by atoms with E-state index in [2.05, 4.69) is 5.32 Å². The van der Waals surface area contributed by atoms with Gasteiger partial charge in [-0.1, -0.05) is 18.2 Å². The third kappa shape index (κ3) is 4.76. The van der Waals surface area contributed by atoms with Crippen LogP contribution in [0.2, 0.25) is 0 Å². The van der Waals surface area contributed by atoms with Crippen molar-refractivity contribution in [3.63, 3.8) is 0 Å². The SMILES string of the molecule is Cc1ccc(/C=C(\C#N)C(=O)Nc2ccc(S(N)(=O)=O)cc2)cc1C. The Labute approximate surface area is 146 Å². The Morgan fingerprint density at radius 1 is 1.12 bits per heavy atom. The van der Waals surface area contributed by atoms with Crippen molar-refractivity contribution in [2.75, 3.05) is 5.32 Å². The maximum Gasteiger partial charge on any atom is 0.266 e. The van der Waals surface area contributed by atoms with E-state index in [1.807, 2.05) is 38.1 Å². The smallest absolute Gasteiger partial charge is 0.266 e. The molecule has 0 unspecified atom stereocenters. The zero-order chi connectivity index (χ0) is 18.6. The number of hydrogen-bond acceptors (Lipinski definition) is 4. The standard InChI is InChI=1S/C18H17N3O3S/c1-12-3-4-14(9-13(12)2)10-15(11-19)18(22)21-16-5-7-17(8-6-16)25(20,23)24/h3-10H,1-2H3,(H,21,22)(H2,20,23,24)/b15-10+. The van der Waals surface area contributed by atoms with Crippen LogP contribution in [0.5, 0.6) is 0 Å². The fourth-order valence-electron chi connectivity index (χ4n) is 2.10. The molecule has 2 aromatic rings. The summed E-state index contributed by atoms with van der Waals surface area (Å²) < 4.78 is 22.4. The number of amides is 1. The second-order valence-electron chi connectivity index (χ2n) is 5.54. The van der Waals surface area contributed by atoms with Crippen LogP contribution >= 0.6 is 0 Å². The van der Waals surface area contributed by atoms with Gasteiger partial charge in [0.15, 0.2) is 0 Å². The third-order valence-corrected chi connectivity index (χ3v) is 4.58. The summed E-state index contributed by atoms with van der Waals surface area (Å²) in [4.78, 5) is 12.2. The number of nitrogens with zero attached hydrogens (tertiary/aromatic N) is 1. The molecule has 128 valence electrons. The van der Waals surface area contributed by atoms with Gasteiger partial charge in [0.2, 0.25) is 10.0 Å². The fraction of sp³-hybridized carbons (Fsp3) is 0.111. The second kappa shape index (κ2) is 7.30. The Morgan fingerprint density at radius 3 is 2.28 bits per heavy atom. The van der Waals surface area contributed by atoms with Crippen molar-refractivity contribution in [1.82, 2.24) is 0 Å². The van der Waals surface area contributed by atoms with Gasteiger partial charge in [-0.25, -0.2) is 13.6 Å². The number of hydrogen-bond donors (Lipinski definition) is 2. The third-order valence-electron chi connectivity index (χ3n) is 3.65. The van der Waals surface area contributed by atoms with E-state index in [4.69, 9.17) is 5.14 Å². The van der Waals surface area contributed by atoms with Crippen LogP contribution in [0, 0.1) is 25.2 Å². The van der Waals surface area contributed by atoms with Gasteiger partial charge in [-0.2, -0.15) is 5.26 Å². The summed E-state index contributed by atoms with van der Waals surface area (Å²) >= 11 is 0. The molecule has 6 nitrogen and oxygen atoms in total. The minimum atomic E-state index is -3.79. The topological polar surface area (TPSA) is 113 Å². The van der Waals surface area contributed by atoms with Crippen LogP contribution < -0.4 is 10.5 Å². The number of nitriles is 1. The average molecular weight is 355 g/mol. The number of anilines is 1. The van der Waals surface area contributed by atoms with Crippen molar-refractivity contribution in [2.45, 2.75) is 18.7 Å². The number of rotatable bonds is 4. The van der Waals surface area contributed by atoms with E-state index in [0.29, 0.717) is 5.69 Å². The number of nitrogens with one attached hydrogen (secondary N) is 1. The van der Waals surface area contributed by atoms with Crippen molar-refractivity contribution >= 4 is 27.7 Å². The lowest BCUT2D eigenvalue weighted by molar-refractivity contribution is -0.112. The van der Waals surface area contributed by atoms with Crippen LogP contribution in [-0.4, -0.2) is 14.3 Å². The van der Waals surface area contributed by atoms with Crippen molar-refractivity contribution in [3.05, 3.63) is 64.7 Å². The predicted octanol–water partition coefficient (Wildman–Crippen LogP) is 2.50. The van der Waals surface area contributed by atoms with Crippen molar-refractivity contribution in [3.8, 4) is 6.07 Å². The molecule has 0 aliphatic carbocycles. The van der Waals surface area contributed by atoms with E-state index in [-0.39, 0.29) is 10.5 Å². The highest BCUT2D eigenvalue weighted by Gasteiger charge is 2.11. The van der Waals surface area contributed by atoms with Crippen LogP contribution in [0.3, 0.4) is 0 Å². The maximum absolute atomic E-state index is 12.2. The lowest BCUT2D eigenvalue weighted by Crippen LogP contribution is -2.14. The van der Waals surface area contributed by atoms with Gasteiger partial charge >= 0.3 is 0 Å². The van der Waals surface area contributed by atoms with Crippen LogP contribution in [0.4, 0.5) is 5.69 Å². The van der Waals surface area contributed by atoms with Crippen molar-refractivity contribution in [2.24, 2.45) is 5.14 Å². The zero-order valence-corrected chi connectivity index (χ0v) is 14.6. The summed E-state index contributed by atoms with van der Waals surface area (Å²) in [5, 5.41) is 16.8. The molecule has 0 aromatic heterocycles. The number of carbonyl (C=O) groups is 1. The molecule has 0 fully saturated rings. The summed E-state index contributed by atoms with van der Waals surface area (Å²) in [6, 6.07) is 12.9. The molecule has 0 bridgehead atoms.